The SMILES string of the molecule is CN(C)CCOc1ccc2[nH]c3ccc(OCCN(C)C)cc3c2c1. The predicted octanol–water partition coefficient (Wildman–Crippen LogP) is 3.20. The van der Waals surface area contributed by atoms with Crippen LogP contribution in [0.25, 0.3) is 21.8 Å². The number of H-pyrrole nitrogens is 1. The number of hydrogen-bond donors (Lipinski definition) is 1. The summed E-state index contributed by atoms with van der Waals surface area (Å²) in [5.74, 6) is 1.79. The molecule has 0 radical (unpaired) electrons. The van der Waals surface area contributed by atoms with E-state index in [0.717, 1.165) is 46.4 Å². The molecule has 0 aliphatic rings. The number of ether oxygens (including phenoxy) is 2. The molecule has 1 heterocycles. The second-order valence-electron chi connectivity index (χ2n) is 6.84. The summed E-state index contributed by atoms with van der Waals surface area (Å²) < 4.78 is 11.7. The maximum absolute atomic E-state index is 5.87. The van der Waals surface area contributed by atoms with E-state index in [9.17, 15) is 0 Å². The molecule has 0 fully saturated rings. The molecule has 0 saturated heterocycles. The van der Waals surface area contributed by atoms with Crippen LogP contribution in [0.3, 0.4) is 0 Å². The molecule has 134 valence electrons. The van der Waals surface area contributed by atoms with Crippen LogP contribution in [0.4, 0.5) is 0 Å². The highest BCUT2D eigenvalue weighted by Crippen LogP contribution is 2.31. The molecule has 0 aliphatic heterocycles. The zero-order valence-corrected chi connectivity index (χ0v) is 15.5. The lowest BCUT2D eigenvalue weighted by molar-refractivity contribution is 0.261. The zero-order valence-electron chi connectivity index (χ0n) is 15.5. The first-order valence-corrected chi connectivity index (χ1v) is 8.63. The van der Waals surface area contributed by atoms with Gasteiger partial charge >= 0.3 is 0 Å². The van der Waals surface area contributed by atoms with E-state index >= 15 is 0 Å². The van der Waals surface area contributed by atoms with Gasteiger partial charge in [0.25, 0.3) is 0 Å². The van der Waals surface area contributed by atoms with Gasteiger partial charge in [-0.1, -0.05) is 0 Å². The third-order valence-corrected chi connectivity index (χ3v) is 4.16. The first-order valence-electron chi connectivity index (χ1n) is 8.63. The molecule has 0 atom stereocenters. The van der Waals surface area contributed by atoms with Crippen molar-refractivity contribution in [1.29, 1.82) is 0 Å². The lowest BCUT2D eigenvalue weighted by Crippen LogP contribution is -2.19. The van der Waals surface area contributed by atoms with Crippen LogP contribution in [-0.4, -0.2) is 69.3 Å². The van der Waals surface area contributed by atoms with E-state index < -0.39 is 0 Å². The summed E-state index contributed by atoms with van der Waals surface area (Å²) in [7, 11) is 8.18. The van der Waals surface area contributed by atoms with Crippen molar-refractivity contribution < 1.29 is 9.47 Å². The first kappa shape index (κ1) is 17.6. The second-order valence-corrected chi connectivity index (χ2v) is 6.84. The van der Waals surface area contributed by atoms with Crippen LogP contribution in [-0.2, 0) is 0 Å². The monoisotopic (exact) mass is 341 g/mol. The fourth-order valence-corrected chi connectivity index (χ4v) is 2.73. The van der Waals surface area contributed by atoms with Gasteiger partial charge in [-0.05, 0) is 64.6 Å². The van der Waals surface area contributed by atoms with Crippen LogP contribution in [0.5, 0.6) is 11.5 Å². The lowest BCUT2D eigenvalue weighted by atomic mass is 10.1. The lowest BCUT2D eigenvalue weighted by Gasteiger charge is -2.11. The molecule has 1 N–H and O–H groups in total. The normalized spacial score (nSPS) is 11.8. The Labute approximate surface area is 149 Å². The van der Waals surface area contributed by atoms with E-state index in [1.807, 2.05) is 40.3 Å². The maximum Gasteiger partial charge on any atom is 0.120 e. The molecule has 0 unspecified atom stereocenters. The molecular formula is C20H27N3O2. The van der Waals surface area contributed by atoms with Gasteiger partial charge in [0.2, 0.25) is 0 Å². The van der Waals surface area contributed by atoms with Crippen LogP contribution < -0.4 is 9.47 Å². The van der Waals surface area contributed by atoms with Gasteiger partial charge in [0.15, 0.2) is 0 Å². The van der Waals surface area contributed by atoms with Crippen LogP contribution in [0, 0.1) is 0 Å². The Morgan fingerprint density at radius 3 is 1.56 bits per heavy atom. The second kappa shape index (κ2) is 7.76. The number of nitrogens with zero attached hydrogens (tertiary/aromatic N) is 2. The third-order valence-electron chi connectivity index (χ3n) is 4.16. The van der Waals surface area contributed by atoms with Crippen molar-refractivity contribution in [1.82, 2.24) is 14.8 Å². The molecule has 0 saturated carbocycles. The van der Waals surface area contributed by atoms with Crippen molar-refractivity contribution in [3.63, 3.8) is 0 Å². The van der Waals surface area contributed by atoms with Gasteiger partial charge in [-0.15, -0.1) is 0 Å². The van der Waals surface area contributed by atoms with Crippen LogP contribution >= 0.6 is 0 Å². The Hall–Kier alpha value is -2.24. The molecule has 2 aromatic carbocycles. The molecule has 0 bridgehead atoms. The summed E-state index contributed by atoms with van der Waals surface area (Å²) in [5, 5.41) is 2.32. The molecule has 25 heavy (non-hydrogen) atoms. The average Bonchev–Trinajstić information content (AvgIpc) is 2.92. The highest BCUT2D eigenvalue weighted by molar-refractivity contribution is 6.08. The Morgan fingerprint density at radius 1 is 0.720 bits per heavy atom. The van der Waals surface area contributed by atoms with Gasteiger partial charge < -0.3 is 24.3 Å². The third kappa shape index (κ3) is 4.44. The van der Waals surface area contributed by atoms with Crippen molar-refractivity contribution in [3.8, 4) is 11.5 Å². The number of aromatic amines is 1. The van der Waals surface area contributed by atoms with Crippen molar-refractivity contribution in [2.24, 2.45) is 0 Å². The summed E-state index contributed by atoms with van der Waals surface area (Å²) >= 11 is 0. The van der Waals surface area contributed by atoms with Gasteiger partial charge in [-0.3, -0.25) is 0 Å². The maximum atomic E-state index is 5.87. The summed E-state index contributed by atoms with van der Waals surface area (Å²) in [5.41, 5.74) is 2.22. The number of likely N-dealkylation sites (N-methyl/N-ethyl adjacent to an activating group) is 2. The minimum absolute atomic E-state index is 0.680. The van der Waals surface area contributed by atoms with Crippen molar-refractivity contribution in [2.45, 2.75) is 0 Å². The van der Waals surface area contributed by atoms with Crippen LogP contribution in [0.2, 0.25) is 0 Å². The summed E-state index contributed by atoms with van der Waals surface area (Å²) in [6.07, 6.45) is 0. The van der Waals surface area contributed by atoms with E-state index in [1.54, 1.807) is 0 Å². The number of aromatic nitrogens is 1. The Balaban J connectivity index is 1.82. The molecule has 5 heteroatoms. The smallest absolute Gasteiger partial charge is 0.120 e. The predicted molar refractivity (Wildman–Crippen MR) is 104 cm³/mol. The Kier molecular flexibility index (Phi) is 5.46. The average molecular weight is 341 g/mol. The summed E-state index contributed by atoms with van der Waals surface area (Å²) in [6.45, 7) is 3.16. The molecular weight excluding hydrogens is 314 g/mol. The Bertz CT molecular complexity index is 771. The topological polar surface area (TPSA) is 40.7 Å². The molecule has 1 aromatic heterocycles. The van der Waals surface area contributed by atoms with E-state index in [4.69, 9.17) is 9.47 Å². The quantitative estimate of drug-likeness (QED) is 0.683. The number of nitrogens with one attached hydrogen (secondary N) is 1. The molecule has 0 aliphatic carbocycles. The molecule has 3 rings (SSSR count). The van der Waals surface area contributed by atoms with Gasteiger partial charge in [0.05, 0.1) is 0 Å². The number of hydrogen-bond acceptors (Lipinski definition) is 4. The highest BCUT2D eigenvalue weighted by atomic mass is 16.5. The Morgan fingerprint density at radius 2 is 1.16 bits per heavy atom. The van der Waals surface area contributed by atoms with Crippen molar-refractivity contribution in [2.75, 3.05) is 54.5 Å². The number of fused-ring (bicyclic) bond motifs is 3. The summed E-state index contributed by atoms with van der Waals surface area (Å²) in [4.78, 5) is 7.68. The fourth-order valence-electron chi connectivity index (χ4n) is 2.73. The zero-order chi connectivity index (χ0) is 17.8. The fraction of sp³-hybridized carbons (Fsp3) is 0.400. The first-order chi connectivity index (χ1) is 12.0. The minimum Gasteiger partial charge on any atom is -0.492 e. The number of benzene rings is 2. The number of rotatable bonds is 8. The van der Waals surface area contributed by atoms with Gasteiger partial charge in [0.1, 0.15) is 24.7 Å². The van der Waals surface area contributed by atoms with Crippen molar-refractivity contribution in [3.05, 3.63) is 36.4 Å². The van der Waals surface area contributed by atoms with Gasteiger partial charge in [0, 0.05) is 34.9 Å². The van der Waals surface area contributed by atoms with Crippen LogP contribution in [0.1, 0.15) is 0 Å². The van der Waals surface area contributed by atoms with E-state index in [2.05, 4.69) is 39.0 Å². The highest BCUT2D eigenvalue weighted by Gasteiger charge is 2.07. The van der Waals surface area contributed by atoms with Gasteiger partial charge in [-0.2, -0.15) is 0 Å². The molecule has 0 amide bonds. The van der Waals surface area contributed by atoms with Gasteiger partial charge in [-0.25, -0.2) is 0 Å². The molecule has 3 aromatic rings. The minimum atomic E-state index is 0.680. The van der Waals surface area contributed by atoms with Crippen LogP contribution in [0.15, 0.2) is 36.4 Å². The summed E-state index contributed by atoms with van der Waals surface area (Å²) in [6, 6.07) is 12.4. The molecule has 0 spiro atoms. The van der Waals surface area contributed by atoms with E-state index in [-0.39, 0.29) is 0 Å². The largest absolute Gasteiger partial charge is 0.492 e. The van der Waals surface area contributed by atoms with Crippen molar-refractivity contribution >= 4 is 21.8 Å². The standard InChI is InChI=1S/C20H27N3O2/c1-22(2)9-11-24-15-5-7-19-17(13-15)18-14-16(6-8-20(18)21-19)25-12-10-23(3)4/h5-8,13-14,21H,9-12H2,1-4H3. The van der Waals surface area contributed by atoms with E-state index in [1.165, 1.54) is 0 Å². The van der Waals surface area contributed by atoms with E-state index in [0.29, 0.717) is 13.2 Å². The molecule has 5 nitrogen and oxygen atoms in total.